The SMILES string of the molecule is CC(C)c1cc(C(C)C)c2cc([Si](C)(C)C)[cH-]c2c1.CC(C)c1cc(C(C)C)c2cc([Si](C)(C)C)[cH-]c2c1.Cl.Cl.[CH3-].[CH3-].[Si]=[Ti]. The molecule has 0 heterocycles. The molecule has 0 saturated carbocycles. The van der Waals surface area contributed by atoms with E-state index in [1.165, 1.54) is 43.8 Å². The Balaban J connectivity index is -0.000000666. The molecule has 0 N–H and O–H groups in total. The van der Waals surface area contributed by atoms with Crippen molar-refractivity contribution in [2.24, 2.45) is 0 Å². The number of benzene rings is 2. The van der Waals surface area contributed by atoms with E-state index in [0.717, 1.165) is 0 Å². The summed E-state index contributed by atoms with van der Waals surface area (Å²) in [6.07, 6.45) is 0. The Morgan fingerprint density at radius 2 is 0.773 bits per heavy atom. The molecule has 0 spiro atoms. The normalized spacial score (nSPS) is 11.2. The standard InChI is InChI=1S/2C18H27Si.2CH3.2ClH.Si.Ti/c2*1-12(2)14-8-15-9-16(19(5,6)7)11-18(15)17(10-14)13(3)4;;;;;;/h2*8-13H,1-7H3;2*1H3;2*1H;;/q4*-1;;;;. The number of fused-ring (bicyclic) bond motifs is 2. The maximum atomic E-state index is 2.97. The summed E-state index contributed by atoms with van der Waals surface area (Å²) >= 11 is 1.81. The molecule has 0 atom stereocenters. The van der Waals surface area contributed by atoms with E-state index in [1.807, 2.05) is 0 Å². The molecule has 4 aromatic carbocycles. The van der Waals surface area contributed by atoms with E-state index >= 15 is 0 Å². The first kappa shape index (κ1) is 48.0. The summed E-state index contributed by atoms with van der Waals surface area (Å²) in [5.74, 6) is 2.40. The van der Waals surface area contributed by atoms with Crippen molar-refractivity contribution in [2.75, 3.05) is 0 Å². The third-order valence-electron chi connectivity index (χ3n) is 8.06. The molecule has 6 heteroatoms. The van der Waals surface area contributed by atoms with Gasteiger partial charge in [0, 0.05) is 0 Å². The molecular formula is C38H62Cl2Si3Ti-4. The van der Waals surface area contributed by atoms with Gasteiger partial charge in [0.2, 0.25) is 0 Å². The number of hydrogen-bond donors (Lipinski definition) is 0. The summed E-state index contributed by atoms with van der Waals surface area (Å²) in [5, 5.41) is 9.05. The van der Waals surface area contributed by atoms with E-state index in [0.29, 0.717) is 23.7 Å². The van der Waals surface area contributed by atoms with Gasteiger partial charge in [-0.05, 0) is 23.7 Å². The summed E-state index contributed by atoms with van der Waals surface area (Å²) in [5.41, 5.74) is 5.99. The fourth-order valence-electron chi connectivity index (χ4n) is 5.24. The topological polar surface area (TPSA) is 0 Å². The van der Waals surface area contributed by atoms with E-state index in [4.69, 9.17) is 0 Å². The van der Waals surface area contributed by atoms with E-state index in [1.54, 1.807) is 29.5 Å². The third-order valence-corrected chi connectivity index (χ3v) is 12.1. The summed E-state index contributed by atoms with van der Waals surface area (Å²) < 4.78 is 0. The van der Waals surface area contributed by atoms with Crippen LogP contribution in [0.5, 0.6) is 0 Å². The molecule has 0 aliphatic rings. The van der Waals surface area contributed by atoms with Gasteiger partial charge in [-0.25, -0.2) is 0 Å². The van der Waals surface area contributed by atoms with Crippen LogP contribution in [0.1, 0.15) is 101 Å². The summed E-state index contributed by atoms with van der Waals surface area (Å²) in [6, 6.07) is 19.4. The van der Waals surface area contributed by atoms with Crippen LogP contribution in [0.2, 0.25) is 39.3 Å². The quantitative estimate of drug-likeness (QED) is 0.137. The van der Waals surface area contributed by atoms with Crippen LogP contribution in [0.25, 0.3) is 21.5 Å². The first-order valence-corrected chi connectivity index (χ1v) is 25.0. The van der Waals surface area contributed by atoms with E-state index in [2.05, 4.69) is 151 Å². The van der Waals surface area contributed by atoms with Crippen LogP contribution in [0.3, 0.4) is 0 Å². The Kier molecular flexibility index (Phi) is 21.2. The van der Waals surface area contributed by atoms with Gasteiger partial charge in [0.25, 0.3) is 0 Å². The van der Waals surface area contributed by atoms with Gasteiger partial charge < -0.3 is 14.9 Å². The fourth-order valence-corrected chi connectivity index (χ4v) is 7.57. The molecule has 2 radical (unpaired) electrons. The molecule has 0 saturated heterocycles. The number of hydrogen-bond acceptors (Lipinski definition) is 0. The van der Waals surface area contributed by atoms with Crippen LogP contribution in [-0.2, 0) is 19.2 Å². The Morgan fingerprint density at radius 3 is 0.977 bits per heavy atom. The van der Waals surface area contributed by atoms with Gasteiger partial charge >= 0.3 is 26.8 Å². The Morgan fingerprint density at radius 1 is 0.500 bits per heavy atom. The van der Waals surface area contributed by atoms with Gasteiger partial charge in [-0.1, -0.05) is 129 Å². The minimum absolute atomic E-state index is 0. The fraction of sp³-hybridized carbons (Fsp3) is 0.474. The number of halogens is 2. The van der Waals surface area contributed by atoms with Crippen LogP contribution in [-0.4, -0.2) is 23.8 Å². The second-order valence-electron chi connectivity index (χ2n) is 14.8. The van der Waals surface area contributed by atoms with Crippen molar-refractivity contribution in [3.63, 3.8) is 0 Å². The van der Waals surface area contributed by atoms with Crippen LogP contribution in [0.15, 0.2) is 48.5 Å². The molecule has 4 aromatic rings. The van der Waals surface area contributed by atoms with E-state index in [-0.39, 0.29) is 39.7 Å². The summed E-state index contributed by atoms with van der Waals surface area (Å²) in [7, 11) is 0.535. The van der Waals surface area contributed by atoms with Crippen molar-refractivity contribution in [2.45, 2.75) is 118 Å². The molecule has 4 rings (SSSR count). The number of rotatable bonds is 6. The monoisotopic (exact) mass is 720 g/mol. The molecule has 0 bridgehead atoms. The van der Waals surface area contributed by atoms with Crippen LogP contribution < -0.4 is 10.4 Å². The second kappa shape index (κ2) is 19.4. The first-order chi connectivity index (χ1) is 18.4. The zero-order valence-corrected chi connectivity index (χ0v) is 36.9. The zero-order chi connectivity index (χ0) is 30.7. The molecule has 0 aliphatic heterocycles. The van der Waals surface area contributed by atoms with Crippen molar-refractivity contribution in [3.8, 4) is 0 Å². The Hall–Kier alpha value is -0.395. The Labute approximate surface area is 301 Å². The molecule has 248 valence electrons. The van der Waals surface area contributed by atoms with Gasteiger partial charge in [-0.3, -0.25) is 0 Å². The van der Waals surface area contributed by atoms with Crippen molar-refractivity contribution >= 4 is 80.5 Å². The van der Waals surface area contributed by atoms with Gasteiger partial charge in [0.05, 0.1) is 16.1 Å². The molecule has 0 unspecified atom stereocenters. The zero-order valence-electron chi connectivity index (χ0n) is 30.7. The Bertz CT molecular complexity index is 1310. The predicted molar refractivity (Wildman–Crippen MR) is 214 cm³/mol. The molecule has 0 aromatic heterocycles. The average molecular weight is 722 g/mol. The van der Waals surface area contributed by atoms with Crippen LogP contribution >= 0.6 is 24.8 Å². The molecule has 0 fully saturated rings. The average Bonchev–Trinajstić information content (AvgIpc) is 3.48. The van der Waals surface area contributed by atoms with Crippen LogP contribution in [0, 0.1) is 14.9 Å². The van der Waals surface area contributed by atoms with E-state index in [9.17, 15) is 0 Å². The molecule has 0 aliphatic carbocycles. The predicted octanol–water partition coefficient (Wildman–Crippen LogP) is 12.1. The molecular weight excluding hydrogens is 659 g/mol. The summed E-state index contributed by atoms with van der Waals surface area (Å²) in [6.45, 7) is 32.9. The van der Waals surface area contributed by atoms with Crippen molar-refractivity contribution in [1.29, 1.82) is 0 Å². The van der Waals surface area contributed by atoms with Gasteiger partial charge in [-0.15, -0.1) is 81.0 Å². The van der Waals surface area contributed by atoms with E-state index < -0.39 is 16.1 Å². The molecule has 0 amide bonds. The van der Waals surface area contributed by atoms with Crippen molar-refractivity contribution in [1.82, 2.24) is 0 Å². The van der Waals surface area contributed by atoms with Crippen molar-refractivity contribution < 1.29 is 19.2 Å². The van der Waals surface area contributed by atoms with Gasteiger partial charge in [0.1, 0.15) is 0 Å². The summed E-state index contributed by atoms with van der Waals surface area (Å²) in [4.78, 5) is 0. The third kappa shape index (κ3) is 12.0. The molecule has 44 heavy (non-hydrogen) atoms. The van der Waals surface area contributed by atoms with Gasteiger partial charge in [0.15, 0.2) is 0 Å². The minimum atomic E-state index is -1.22. The van der Waals surface area contributed by atoms with Gasteiger partial charge in [-0.2, -0.15) is 12.1 Å². The first-order valence-electron chi connectivity index (χ1n) is 15.1. The molecule has 0 nitrogen and oxygen atoms in total. The maximum absolute atomic E-state index is 2.97. The van der Waals surface area contributed by atoms with Crippen molar-refractivity contribution in [3.05, 3.63) is 85.6 Å². The second-order valence-corrected chi connectivity index (χ2v) is 25.0. The van der Waals surface area contributed by atoms with Crippen LogP contribution in [0.4, 0.5) is 0 Å².